The highest BCUT2D eigenvalue weighted by molar-refractivity contribution is 4.93. The third kappa shape index (κ3) is 1.45. The van der Waals surface area contributed by atoms with Gasteiger partial charge in [0.05, 0.1) is 12.7 Å². The van der Waals surface area contributed by atoms with E-state index in [1.165, 1.54) is 19.3 Å². The third-order valence-electron chi connectivity index (χ3n) is 2.78. The Labute approximate surface area is 72.9 Å². The molecule has 0 aromatic rings. The van der Waals surface area contributed by atoms with E-state index in [9.17, 15) is 0 Å². The van der Waals surface area contributed by atoms with E-state index >= 15 is 0 Å². The summed E-state index contributed by atoms with van der Waals surface area (Å²) in [7, 11) is 0. The molecule has 2 rings (SSSR count). The largest absolute Gasteiger partial charge is 0.360 e. The molecule has 3 heteroatoms. The lowest BCUT2D eigenvalue weighted by atomic mass is 10.0. The minimum atomic E-state index is -0.181. The van der Waals surface area contributed by atoms with Gasteiger partial charge in [-0.2, -0.15) is 5.26 Å². The molecule has 0 aromatic carbocycles. The summed E-state index contributed by atoms with van der Waals surface area (Å²) in [5, 5.41) is 8.68. The number of rotatable bonds is 0. The van der Waals surface area contributed by atoms with Crippen molar-refractivity contribution in [3.63, 3.8) is 0 Å². The van der Waals surface area contributed by atoms with Crippen molar-refractivity contribution >= 4 is 0 Å². The summed E-state index contributed by atoms with van der Waals surface area (Å²) in [4.78, 5) is 2.40. The second-order valence-corrected chi connectivity index (χ2v) is 3.60. The van der Waals surface area contributed by atoms with Gasteiger partial charge in [0.1, 0.15) is 0 Å². The Hall–Kier alpha value is -0.590. The van der Waals surface area contributed by atoms with E-state index in [0.717, 1.165) is 19.7 Å². The molecule has 0 aromatic heterocycles. The van der Waals surface area contributed by atoms with Crippen LogP contribution in [0.2, 0.25) is 0 Å². The predicted octanol–water partition coefficient (Wildman–Crippen LogP) is 0.763. The van der Waals surface area contributed by atoms with Gasteiger partial charge in [0.2, 0.25) is 0 Å². The number of fused-ring (bicyclic) bond motifs is 1. The smallest absolute Gasteiger partial charge is 0.156 e. The van der Waals surface area contributed by atoms with Crippen LogP contribution in [0.4, 0.5) is 0 Å². The van der Waals surface area contributed by atoms with Crippen LogP contribution < -0.4 is 0 Å². The number of morpholine rings is 1. The van der Waals surface area contributed by atoms with E-state index in [2.05, 4.69) is 11.0 Å². The van der Waals surface area contributed by atoms with Gasteiger partial charge in [-0.05, 0) is 19.4 Å². The lowest BCUT2D eigenvalue weighted by Gasteiger charge is -2.40. The average molecular weight is 166 g/mol. The fraction of sp³-hybridized carbons (Fsp3) is 0.889. The van der Waals surface area contributed by atoms with Crippen LogP contribution in [-0.2, 0) is 4.74 Å². The Kier molecular flexibility index (Phi) is 2.29. The molecule has 0 amide bonds. The molecule has 2 saturated heterocycles. The van der Waals surface area contributed by atoms with E-state index in [-0.39, 0.29) is 6.10 Å². The summed E-state index contributed by atoms with van der Waals surface area (Å²) < 4.78 is 5.39. The van der Waals surface area contributed by atoms with E-state index in [1.807, 2.05) is 0 Å². The van der Waals surface area contributed by atoms with Gasteiger partial charge in [-0.15, -0.1) is 0 Å². The van der Waals surface area contributed by atoms with Crippen LogP contribution in [0.3, 0.4) is 0 Å². The van der Waals surface area contributed by atoms with Gasteiger partial charge in [0, 0.05) is 12.6 Å². The number of hydrogen-bond acceptors (Lipinski definition) is 3. The third-order valence-corrected chi connectivity index (χ3v) is 2.78. The first-order valence-electron chi connectivity index (χ1n) is 4.65. The molecule has 0 radical (unpaired) electrons. The monoisotopic (exact) mass is 166 g/mol. The Morgan fingerprint density at radius 3 is 3.17 bits per heavy atom. The molecule has 0 N–H and O–H groups in total. The Morgan fingerprint density at radius 1 is 1.42 bits per heavy atom. The first-order valence-corrected chi connectivity index (χ1v) is 4.65. The lowest BCUT2D eigenvalue weighted by molar-refractivity contribution is -0.0521. The van der Waals surface area contributed by atoms with Gasteiger partial charge in [0.15, 0.2) is 6.10 Å². The van der Waals surface area contributed by atoms with Gasteiger partial charge in [0.25, 0.3) is 0 Å². The van der Waals surface area contributed by atoms with Gasteiger partial charge >= 0.3 is 0 Å². The molecular weight excluding hydrogens is 152 g/mol. The van der Waals surface area contributed by atoms with Crippen molar-refractivity contribution in [3.8, 4) is 6.07 Å². The molecule has 3 nitrogen and oxygen atoms in total. The quantitative estimate of drug-likeness (QED) is 0.533. The van der Waals surface area contributed by atoms with E-state index in [0.29, 0.717) is 6.04 Å². The fourth-order valence-corrected chi connectivity index (χ4v) is 2.06. The second-order valence-electron chi connectivity index (χ2n) is 3.60. The van der Waals surface area contributed by atoms with Gasteiger partial charge < -0.3 is 4.74 Å². The molecule has 12 heavy (non-hydrogen) atoms. The summed E-state index contributed by atoms with van der Waals surface area (Å²) in [6.07, 6.45) is 3.67. The van der Waals surface area contributed by atoms with Crippen LogP contribution in [0.25, 0.3) is 0 Å². The van der Waals surface area contributed by atoms with Crippen LogP contribution in [0.15, 0.2) is 0 Å². The van der Waals surface area contributed by atoms with E-state index in [1.54, 1.807) is 0 Å². The standard InChI is InChI=1S/C9H14N2O/c10-5-9-6-11-4-2-1-3-8(11)7-12-9/h8-9H,1-4,6-7H2. The van der Waals surface area contributed by atoms with Crippen LogP contribution in [-0.4, -0.2) is 36.7 Å². The normalized spacial score (nSPS) is 36.9. The maximum atomic E-state index is 8.68. The second kappa shape index (κ2) is 3.42. The molecule has 2 heterocycles. The molecule has 2 aliphatic heterocycles. The van der Waals surface area contributed by atoms with Crippen LogP contribution in [0.1, 0.15) is 19.3 Å². The summed E-state index contributed by atoms with van der Waals surface area (Å²) >= 11 is 0. The summed E-state index contributed by atoms with van der Waals surface area (Å²) in [6.45, 7) is 2.74. The number of nitriles is 1. The molecule has 2 aliphatic rings. The lowest BCUT2D eigenvalue weighted by Crippen LogP contribution is -2.51. The van der Waals surface area contributed by atoms with E-state index in [4.69, 9.17) is 10.00 Å². The van der Waals surface area contributed by atoms with Crippen LogP contribution >= 0.6 is 0 Å². The van der Waals surface area contributed by atoms with Crippen molar-refractivity contribution in [2.45, 2.75) is 31.4 Å². The molecule has 2 fully saturated rings. The van der Waals surface area contributed by atoms with Crippen molar-refractivity contribution in [1.29, 1.82) is 5.26 Å². The summed E-state index contributed by atoms with van der Waals surface area (Å²) in [5.74, 6) is 0. The average Bonchev–Trinajstić information content (AvgIpc) is 2.17. The number of nitrogens with zero attached hydrogens (tertiary/aromatic N) is 2. The number of piperidine rings is 1. The maximum Gasteiger partial charge on any atom is 0.156 e. The maximum absolute atomic E-state index is 8.68. The highest BCUT2D eigenvalue weighted by Gasteiger charge is 2.30. The van der Waals surface area contributed by atoms with Crippen molar-refractivity contribution < 1.29 is 4.74 Å². The Bertz CT molecular complexity index is 199. The molecule has 2 unspecified atom stereocenters. The van der Waals surface area contributed by atoms with Crippen molar-refractivity contribution in [2.24, 2.45) is 0 Å². The Morgan fingerprint density at radius 2 is 2.33 bits per heavy atom. The van der Waals surface area contributed by atoms with Gasteiger partial charge in [-0.1, -0.05) is 6.42 Å². The molecule has 66 valence electrons. The fourth-order valence-electron chi connectivity index (χ4n) is 2.06. The van der Waals surface area contributed by atoms with Crippen molar-refractivity contribution in [3.05, 3.63) is 0 Å². The van der Waals surface area contributed by atoms with Crippen molar-refractivity contribution in [2.75, 3.05) is 19.7 Å². The van der Waals surface area contributed by atoms with Crippen LogP contribution in [0.5, 0.6) is 0 Å². The molecule has 2 atom stereocenters. The first-order chi connectivity index (χ1) is 5.90. The number of ether oxygens (including phenoxy) is 1. The van der Waals surface area contributed by atoms with Gasteiger partial charge in [-0.25, -0.2) is 0 Å². The SMILES string of the molecule is N#CC1CN2CCCCC2CO1. The minimum absolute atomic E-state index is 0.181. The summed E-state index contributed by atoms with van der Waals surface area (Å²) in [6, 6.07) is 2.77. The Balaban J connectivity index is 1.95. The topological polar surface area (TPSA) is 36.3 Å². The zero-order chi connectivity index (χ0) is 8.39. The predicted molar refractivity (Wildman–Crippen MR) is 44.6 cm³/mol. The zero-order valence-corrected chi connectivity index (χ0v) is 7.20. The molecule has 0 saturated carbocycles. The molecule has 0 aliphatic carbocycles. The van der Waals surface area contributed by atoms with E-state index < -0.39 is 0 Å². The summed E-state index contributed by atoms with van der Waals surface area (Å²) in [5.41, 5.74) is 0. The van der Waals surface area contributed by atoms with Gasteiger partial charge in [-0.3, -0.25) is 4.90 Å². The van der Waals surface area contributed by atoms with Crippen molar-refractivity contribution in [1.82, 2.24) is 4.90 Å². The minimum Gasteiger partial charge on any atom is -0.360 e. The highest BCUT2D eigenvalue weighted by atomic mass is 16.5. The first kappa shape index (κ1) is 8.03. The highest BCUT2D eigenvalue weighted by Crippen LogP contribution is 2.21. The molecule has 0 spiro atoms. The van der Waals surface area contributed by atoms with Crippen LogP contribution in [0, 0.1) is 11.3 Å². The number of hydrogen-bond donors (Lipinski definition) is 0. The molecular formula is C9H14N2O. The zero-order valence-electron chi connectivity index (χ0n) is 7.20. The molecule has 0 bridgehead atoms.